The Morgan fingerprint density at radius 3 is 2.13 bits per heavy atom. The fraction of sp³-hybridized carbons (Fsp3) is 0.357. The minimum Gasteiger partial charge on any atom is -0.495 e. The van der Waals surface area contributed by atoms with E-state index in [1.807, 2.05) is 12.1 Å². The number of nitrogens with one attached hydrogen (secondary N) is 1. The van der Waals surface area contributed by atoms with Gasteiger partial charge < -0.3 is 45.1 Å². The normalized spacial score (nSPS) is 10.7. The van der Waals surface area contributed by atoms with Crippen LogP contribution in [0.4, 0.5) is 16.3 Å². The van der Waals surface area contributed by atoms with Crippen LogP contribution in [0.3, 0.4) is 0 Å². The molecule has 0 fully saturated rings. The van der Waals surface area contributed by atoms with Gasteiger partial charge in [-0.15, -0.1) is 0 Å². The van der Waals surface area contributed by atoms with Crippen molar-refractivity contribution in [3.8, 4) is 11.5 Å². The maximum atomic E-state index is 12.2. The number of carbonyl (C=O) groups excluding carboxylic acids is 1. The first-order valence-electron chi connectivity index (χ1n) is 13.0. The number of hydrogen-bond donors (Lipinski definition) is 6. The Labute approximate surface area is 261 Å². The van der Waals surface area contributed by atoms with E-state index in [0.29, 0.717) is 51.0 Å². The van der Waals surface area contributed by atoms with Gasteiger partial charge in [0.25, 0.3) is 0 Å². The van der Waals surface area contributed by atoms with E-state index in [2.05, 4.69) is 15.3 Å². The molecule has 2 aromatic carbocycles. The van der Waals surface area contributed by atoms with E-state index < -0.39 is 42.4 Å². The van der Waals surface area contributed by atoms with Gasteiger partial charge in [0.2, 0.25) is 0 Å². The number of amides is 1. The molecule has 0 saturated carbocycles. The van der Waals surface area contributed by atoms with Crippen LogP contribution in [0.2, 0.25) is 5.02 Å². The van der Waals surface area contributed by atoms with E-state index in [0.717, 1.165) is 5.56 Å². The van der Waals surface area contributed by atoms with Crippen molar-refractivity contribution >= 4 is 58.0 Å². The first kappa shape index (κ1) is 36.3. The number of hydrogen-bond acceptors (Lipinski definition) is 12. The van der Waals surface area contributed by atoms with Gasteiger partial charge in [-0.05, 0) is 23.8 Å². The third-order valence-corrected chi connectivity index (χ3v) is 6.59. The summed E-state index contributed by atoms with van der Waals surface area (Å²) in [6.07, 6.45) is -1.12. The van der Waals surface area contributed by atoms with Gasteiger partial charge in [0.05, 0.1) is 50.4 Å². The number of fused-ring (bicyclic) bond motifs is 1. The number of methoxy groups -OCH3 is 3. The summed E-state index contributed by atoms with van der Waals surface area (Å²) in [4.78, 5) is 52.8. The Morgan fingerprint density at radius 2 is 1.64 bits per heavy atom. The Hall–Kier alpha value is -4.93. The largest absolute Gasteiger partial charge is 0.495 e. The molecular weight excluding hydrogens is 620 g/mol. The summed E-state index contributed by atoms with van der Waals surface area (Å²) >= 11 is 6.23. The highest BCUT2D eigenvalue weighted by Gasteiger charge is 2.40. The summed E-state index contributed by atoms with van der Waals surface area (Å²) < 4.78 is 15.6. The zero-order chi connectivity index (χ0) is 33.9. The minimum atomic E-state index is -2.74. The number of ether oxygens (including phenoxy) is 3. The lowest BCUT2D eigenvalue weighted by Gasteiger charge is -2.22. The van der Waals surface area contributed by atoms with Crippen LogP contribution < -0.4 is 19.7 Å². The Morgan fingerprint density at radius 1 is 1.00 bits per heavy atom. The standard InChI is InChI=1S/C22H25ClN4O5.C6H8O7/c1-27(22(29)32-4)17-10-15-19(14(7-8-28)20(17)31-3)25-12-26-21(15)24-11-13-5-6-18(30-2)16(23)9-13;7-3(8)1-6(13,5(11)12)2-4(9)10/h5-6,9-10,12,28H,7-8,11H2,1-4H3,(H,24,25,26);13H,1-2H2,(H,7,8)(H,9,10)(H,11,12). The van der Waals surface area contributed by atoms with Crippen LogP contribution in [-0.2, 0) is 32.1 Å². The van der Waals surface area contributed by atoms with Gasteiger partial charge in [-0.2, -0.15) is 0 Å². The van der Waals surface area contributed by atoms with E-state index in [-0.39, 0.29) is 13.0 Å². The van der Waals surface area contributed by atoms with Gasteiger partial charge >= 0.3 is 24.0 Å². The highest BCUT2D eigenvalue weighted by atomic mass is 35.5. The van der Waals surface area contributed by atoms with Crippen LogP contribution in [0.25, 0.3) is 10.9 Å². The number of aliphatic carboxylic acids is 3. The van der Waals surface area contributed by atoms with Crippen molar-refractivity contribution in [3.63, 3.8) is 0 Å². The summed E-state index contributed by atoms with van der Waals surface area (Å²) in [5.41, 5.74) is -0.0592. The fourth-order valence-corrected chi connectivity index (χ4v) is 4.43. The van der Waals surface area contributed by atoms with Gasteiger partial charge in [0.1, 0.15) is 23.6 Å². The smallest absolute Gasteiger partial charge is 0.413 e. The minimum absolute atomic E-state index is 0.117. The third-order valence-electron chi connectivity index (χ3n) is 6.29. The number of rotatable bonds is 13. The molecule has 17 heteroatoms. The number of halogens is 1. The SMILES string of the molecule is COC(=O)N(C)c1cc2c(NCc3ccc(OC)c(Cl)c3)ncnc2c(CCO)c1OC.O=C(O)CC(O)(CC(=O)O)C(=O)O. The van der Waals surface area contributed by atoms with Gasteiger partial charge in [-0.3, -0.25) is 14.5 Å². The predicted octanol–water partition coefficient (Wildman–Crippen LogP) is 2.40. The molecule has 0 radical (unpaired) electrons. The van der Waals surface area contributed by atoms with E-state index in [1.54, 1.807) is 26.3 Å². The molecule has 1 amide bonds. The van der Waals surface area contributed by atoms with Gasteiger partial charge in [0.15, 0.2) is 5.60 Å². The quantitative estimate of drug-likeness (QED) is 0.155. The molecule has 1 aromatic heterocycles. The molecule has 0 atom stereocenters. The number of aliphatic hydroxyl groups is 2. The van der Waals surface area contributed by atoms with E-state index in [9.17, 15) is 24.3 Å². The predicted molar refractivity (Wildman–Crippen MR) is 160 cm³/mol. The average molecular weight is 653 g/mol. The summed E-state index contributed by atoms with van der Waals surface area (Å²) in [7, 11) is 5.95. The van der Waals surface area contributed by atoms with Crippen molar-refractivity contribution in [3.05, 3.63) is 46.7 Å². The number of nitrogens with zero attached hydrogens (tertiary/aromatic N) is 3. The van der Waals surface area contributed by atoms with Crippen molar-refractivity contribution in [2.75, 3.05) is 45.2 Å². The molecule has 0 saturated heterocycles. The number of carbonyl (C=O) groups is 4. The van der Waals surface area contributed by atoms with Crippen LogP contribution >= 0.6 is 11.6 Å². The number of carboxylic acids is 3. The molecule has 6 N–H and O–H groups in total. The number of benzene rings is 2. The Balaban J connectivity index is 0.000000459. The number of anilines is 2. The van der Waals surface area contributed by atoms with Crippen molar-refractivity contribution in [2.45, 2.75) is 31.4 Å². The molecule has 3 rings (SSSR count). The summed E-state index contributed by atoms with van der Waals surface area (Å²) in [6, 6.07) is 7.27. The second-order valence-corrected chi connectivity index (χ2v) is 9.74. The molecule has 16 nitrogen and oxygen atoms in total. The van der Waals surface area contributed by atoms with Crippen molar-refractivity contribution in [1.82, 2.24) is 9.97 Å². The zero-order valence-corrected chi connectivity index (χ0v) is 25.5. The van der Waals surface area contributed by atoms with Crippen molar-refractivity contribution in [1.29, 1.82) is 0 Å². The van der Waals surface area contributed by atoms with Crippen molar-refractivity contribution < 1.29 is 58.9 Å². The average Bonchev–Trinajstić information content (AvgIpc) is 2.98. The summed E-state index contributed by atoms with van der Waals surface area (Å²) in [5.74, 6) is -3.43. The molecule has 0 aliphatic heterocycles. The topological polar surface area (TPSA) is 238 Å². The summed E-state index contributed by atoms with van der Waals surface area (Å²) in [5, 5.41) is 47.9. The zero-order valence-electron chi connectivity index (χ0n) is 24.7. The second-order valence-electron chi connectivity index (χ2n) is 9.33. The maximum absolute atomic E-state index is 12.2. The lowest BCUT2D eigenvalue weighted by molar-refractivity contribution is -0.170. The fourth-order valence-electron chi connectivity index (χ4n) is 4.15. The van der Waals surface area contributed by atoms with E-state index >= 15 is 0 Å². The van der Waals surface area contributed by atoms with Crippen LogP contribution in [0.1, 0.15) is 24.0 Å². The molecule has 3 aromatic rings. The van der Waals surface area contributed by atoms with Gasteiger partial charge in [-0.25, -0.2) is 19.6 Å². The van der Waals surface area contributed by atoms with E-state index in [4.69, 9.17) is 46.2 Å². The maximum Gasteiger partial charge on any atom is 0.413 e. The molecular formula is C28H33ClN4O12. The van der Waals surface area contributed by atoms with Crippen molar-refractivity contribution in [2.24, 2.45) is 0 Å². The monoisotopic (exact) mass is 652 g/mol. The number of aromatic nitrogens is 2. The Kier molecular flexibility index (Phi) is 13.1. The molecule has 45 heavy (non-hydrogen) atoms. The lowest BCUT2D eigenvalue weighted by Crippen LogP contribution is -2.42. The number of aliphatic hydroxyl groups excluding tert-OH is 1. The van der Waals surface area contributed by atoms with Crippen LogP contribution in [0.15, 0.2) is 30.6 Å². The molecule has 1 heterocycles. The molecule has 0 aliphatic rings. The Bertz CT molecular complexity index is 1540. The second kappa shape index (κ2) is 16.2. The van der Waals surface area contributed by atoms with E-state index in [1.165, 1.54) is 25.4 Å². The molecule has 0 bridgehead atoms. The van der Waals surface area contributed by atoms with Gasteiger partial charge in [-0.1, -0.05) is 17.7 Å². The van der Waals surface area contributed by atoms with Gasteiger partial charge in [0, 0.05) is 37.6 Å². The van der Waals surface area contributed by atoms with Crippen LogP contribution in [0, 0.1) is 0 Å². The number of carboxylic acid groups (broad SMARTS) is 3. The molecule has 0 spiro atoms. The third kappa shape index (κ3) is 9.28. The molecule has 0 aliphatic carbocycles. The highest BCUT2D eigenvalue weighted by molar-refractivity contribution is 6.32. The highest BCUT2D eigenvalue weighted by Crippen LogP contribution is 2.39. The molecule has 0 unspecified atom stereocenters. The van der Waals surface area contributed by atoms with Crippen LogP contribution in [-0.4, -0.2) is 100 Å². The van der Waals surface area contributed by atoms with Crippen LogP contribution in [0.5, 0.6) is 11.5 Å². The first-order valence-corrected chi connectivity index (χ1v) is 13.3. The summed E-state index contributed by atoms with van der Waals surface area (Å²) in [6.45, 7) is 0.327. The molecule has 244 valence electrons. The first-order chi connectivity index (χ1) is 21.2. The lowest BCUT2D eigenvalue weighted by atomic mass is 9.96.